The average Bonchev–Trinajstić information content (AvgIpc) is 2.49. The Kier molecular flexibility index (Phi) is 4.02. The standard InChI is InChI=1S/C18H17BrO/c19-17-8-4-3-7-15(17)12-18(20)16-10-9-13-5-1-2-6-14(13)11-16/h1-8,16H,9-12H2. The van der Waals surface area contributed by atoms with Crippen molar-refractivity contribution in [1.29, 1.82) is 0 Å². The molecule has 1 aliphatic rings. The van der Waals surface area contributed by atoms with Crippen molar-refractivity contribution in [1.82, 2.24) is 0 Å². The van der Waals surface area contributed by atoms with Gasteiger partial charge in [-0.15, -0.1) is 0 Å². The third-order valence-corrected chi connectivity index (χ3v) is 4.90. The summed E-state index contributed by atoms with van der Waals surface area (Å²) < 4.78 is 1.03. The summed E-state index contributed by atoms with van der Waals surface area (Å²) in [4.78, 5) is 12.5. The molecule has 3 rings (SSSR count). The molecule has 1 atom stereocenters. The molecule has 0 saturated heterocycles. The van der Waals surface area contributed by atoms with Crippen LogP contribution in [-0.2, 0) is 24.1 Å². The third-order valence-electron chi connectivity index (χ3n) is 4.12. The molecule has 0 heterocycles. The molecule has 0 N–H and O–H groups in total. The number of hydrogen-bond acceptors (Lipinski definition) is 1. The topological polar surface area (TPSA) is 17.1 Å². The number of halogens is 1. The molecule has 1 nitrogen and oxygen atoms in total. The van der Waals surface area contributed by atoms with Gasteiger partial charge in [-0.2, -0.15) is 0 Å². The van der Waals surface area contributed by atoms with E-state index in [4.69, 9.17) is 0 Å². The predicted octanol–water partition coefficient (Wildman–Crippen LogP) is 4.37. The molecule has 2 aromatic carbocycles. The second kappa shape index (κ2) is 5.92. The maximum Gasteiger partial charge on any atom is 0.140 e. The van der Waals surface area contributed by atoms with Crippen molar-refractivity contribution >= 4 is 21.7 Å². The van der Waals surface area contributed by atoms with Gasteiger partial charge in [0.25, 0.3) is 0 Å². The van der Waals surface area contributed by atoms with Crippen LogP contribution in [0.15, 0.2) is 53.0 Å². The summed E-state index contributed by atoms with van der Waals surface area (Å²) >= 11 is 3.52. The van der Waals surface area contributed by atoms with Gasteiger partial charge >= 0.3 is 0 Å². The van der Waals surface area contributed by atoms with Crippen molar-refractivity contribution < 1.29 is 4.79 Å². The number of fused-ring (bicyclic) bond motifs is 1. The van der Waals surface area contributed by atoms with Gasteiger partial charge in [-0.3, -0.25) is 4.79 Å². The molecule has 0 fully saturated rings. The van der Waals surface area contributed by atoms with E-state index in [0.29, 0.717) is 12.2 Å². The van der Waals surface area contributed by atoms with Crippen LogP contribution in [0.4, 0.5) is 0 Å². The molecule has 102 valence electrons. The lowest BCUT2D eigenvalue weighted by Crippen LogP contribution is -2.24. The first-order valence-electron chi connectivity index (χ1n) is 7.07. The Bertz CT molecular complexity index is 633. The van der Waals surface area contributed by atoms with Gasteiger partial charge < -0.3 is 0 Å². The zero-order chi connectivity index (χ0) is 13.9. The van der Waals surface area contributed by atoms with Gasteiger partial charge in [0, 0.05) is 16.8 Å². The second-order valence-corrected chi connectivity index (χ2v) is 6.30. The molecule has 20 heavy (non-hydrogen) atoms. The van der Waals surface area contributed by atoms with E-state index in [1.54, 1.807) is 0 Å². The highest BCUT2D eigenvalue weighted by Gasteiger charge is 2.24. The fourth-order valence-corrected chi connectivity index (χ4v) is 3.37. The van der Waals surface area contributed by atoms with E-state index in [1.165, 1.54) is 11.1 Å². The van der Waals surface area contributed by atoms with Gasteiger partial charge in [0.05, 0.1) is 0 Å². The van der Waals surface area contributed by atoms with Crippen LogP contribution in [0, 0.1) is 5.92 Å². The maximum absolute atomic E-state index is 12.5. The van der Waals surface area contributed by atoms with Gasteiger partial charge in [0.2, 0.25) is 0 Å². The first-order chi connectivity index (χ1) is 9.74. The van der Waals surface area contributed by atoms with E-state index in [-0.39, 0.29) is 5.92 Å². The first kappa shape index (κ1) is 13.6. The van der Waals surface area contributed by atoms with Crippen LogP contribution in [0.25, 0.3) is 0 Å². The Labute approximate surface area is 128 Å². The highest BCUT2D eigenvalue weighted by molar-refractivity contribution is 9.10. The van der Waals surface area contributed by atoms with E-state index >= 15 is 0 Å². The molecule has 1 aliphatic carbocycles. The van der Waals surface area contributed by atoms with Crippen molar-refractivity contribution in [3.8, 4) is 0 Å². The lowest BCUT2D eigenvalue weighted by atomic mass is 9.80. The van der Waals surface area contributed by atoms with E-state index in [2.05, 4.69) is 40.2 Å². The van der Waals surface area contributed by atoms with Gasteiger partial charge in [-0.05, 0) is 42.0 Å². The van der Waals surface area contributed by atoms with Crippen LogP contribution in [0.2, 0.25) is 0 Å². The molecule has 0 aliphatic heterocycles. The van der Waals surface area contributed by atoms with Gasteiger partial charge in [0.1, 0.15) is 5.78 Å². The fourth-order valence-electron chi connectivity index (χ4n) is 2.95. The number of carbonyl (C=O) groups excluding carboxylic acids is 1. The minimum atomic E-state index is 0.178. The van der Waals surface area contributed by atoms with Crippen LogP contribution < -0.4 is 0 Å². The Morgan fingerprint density at radius 1 is 1.05 bits per heavy atom. The van der Waals surface area contributed by atoms with Crippen molar-refractivity contribution in [2.45, 2.75) is 25.7 Å². The molecule has 0 amide bonds. The normalized spacial score (nSPS) is 17.6. The van der Waals surface area contributed by atoms with Crippen molar-refractivity contribution in [2.75, 3.05) is 0 Å². The molecule has 0 radical (unpaired) electrons. The monoisotopic (exact) mass is 328 g/mol. The molecule has 0 aromatic heterocycles. The van der Waals surface area contributed by atoms with Gasteiger partial charge in [0.15, 0.2) is 0 Å². The number of carbonyl (C=O) groups is 1. The van der Waals surface area contributed by atoms with Crippen LogP contribution in [0.5, 0.6) is 0 Å². The number of ketones is 1. The van der Waals surface area contributed by atoms with Crippen molar-refractivity contribution in [3.05, 3.63) is 69.7 Å². The average molecular weight is 329 g/mol. The summed E-state index contributed by atoms with van der Waals surface area (Å²) in [6.45, 7) is 0. The van der Waals surface area contributed by atoms with Crippen LogP contribution in [0.3, 0.4) is 0 Å². The smallest absolute Gasteiger partial charge is 0.140 e. The molecule has 0 spiro atoms. The quantitative estimate of drug-likeness (QED) is 0.817. The molecular weight excluding hydrogens is 312 g/mol. The minimum Gasteiger partial charge on any atom is -0.299 e. The molecular formula is C18H17BrO. The second-order valence-electron chi connectivity index (χ2n) is 5.44. The summed E-state index contributed by atoms with van der Waals surface area (Å²) in [5, 5.41) is 0. The van der Waals surface area contributed by atoms with E-state index in [1.807, 2.05) is 24.3 Å². The number of Topliss-reactive ketones (excluding diaryl/α,β-unsaturated/α-hetero) is 1. The summed E-state index contributed by atoms with van der Waals surface area (Å²) in [6.07, 6.45) is 3.45. The highest BCUT2D eigenvalue weighted by Crippen LogP contribution is 2.27. The summed E-state index contributed by atoms with van der Waals surface area (Å²) in [5.41, 5.74) is 3.86. The number of hydrogen-bond donors (Lipinski definition) is 0. The number of benzene rings is 2. The summed E-state index contributed by atoms with van der Waals surface area (Å²) in [6, 6.07) is 16.5. The van der Waals surface area contributed by atoms with Crippen LogP contribution >= 0.6 is 15.9 Å². The van der Waals surface area contributed by atoms with Crippen molar-refractivity contribution in [3.63, 3.8) is 0 Å². The Morgan fingerprint density at radius 3 is 2.55 bits per heavy atom. The zero-order valence-corrected chi connectivity index (χ0v) is 12.9. The first-order valence-corrected chi connectivity index (χ1v) is 7.86. The SMILES string of the molecule is O=C(Cc1ccccc1Br)C1CCc2ccccc2C1. The van der Waals surface area contributed by atoms with Crippen LogP contribution in [0.1, 0.15) is 23.1 Å². The maximum atomic E-state index is 12.5. The summed E-state index contributed by atoms with van der Waals surface area (Å²) in [7, 11) is 0. The predicted molar refractivity (Wildman–Crippen MR) is 84.8 cm³/mol. The molecule has 2 aromatic rings. The van der Waals surface area contributed by atoms with Gasteiger partial charge in [-0.25, -0.2) is 0 Å². The van der Waals surface area contributed by atoms with E-state index < -0.39 is 0 Å². The van der Waals surface area contributed by atoms with E-state index in [0.717, 1.165) is 29.3 Å². The number of rotatable bonds is 3. The summed E-state index contributed by atoms with van der Waals surface area (Å²) in [5.74, 6) is 0.545. The minimum absolute atomic E-state index is 0.178. The lowest BCUT2D eigenvalue weighted by molar-refractivity contribution is -0.122. The highest BCUT2D eigenvalue weighted by atomic mass is 79.9. The Balaban J connectivity index is 1.72. The van der Waals surface area contributed by atoms with Crippen molar-refractivity contribution in [2.24, 2.45) is 5.92 Å². The fraction of sp³-hybridized carbons (Fsp3) is 0.278. The largest absolute Gasteiger partial charge is 0.299 e. The molecule has 0 saturated carbocycles. The molecule has 0 bridgehead atoms. The lowest BCUT2D eigenvalue weighted by Gasteiger charge is -2.23. The molecule has 1 unspecified atom stereocenters. The van der Waals surface area contributed by atoms with E-state index in [9.17, 15) is 4.79 Å². The zero-order valence-electron chi connectivity index (χ0n) is 11.3. The Morgan fingerprint density at radius 2 is 1.75 bits per heavy atom. The molecule has 2 heteroatoms. The van der Waals surface area contributed by atoms with Crippen LogP contribution in [-0.4, -0.2) is 5.78 Å². The Hall–Kier alpha value is -1.41. The third kappa shape index (κ3) is 2.85. The van der Waals surface area contributed by atoms with Gasteiger partial charge in [-0.1, -0.05) is 58.4 Å². The number of aryl methyl sites for hydroxylation is 1.